The van der Waals surface area contributed by atoms with Crippen molar-refractivity contribution in [3.05, 3.63) is 48.0 Å². The summed E-state index contributed by atoms with van der Waals surface area (Å²) >= 11 is 0. The Kier molecular flexibility index (Phi) is 4.39. The van der Waals surface area contributed by atoms with Crippen molar-refractivity contribution in [3.63, 3.8) is 0 Å². The number of hydrogen-bond acceptors (Lipinski definition) is 4. The van der Waals surface area contributed by atoms with Crippen molar-refractivity contribution in [2.75, 3.05) is 6.54 Å². The minimum absolute atomic E-state index is 0.0726. The number of sulfonamides is 1. The van der Waals surface area contributed by atoms with E-state index < -0.39 is 16.0 Å². The molecule has 0 aliphatic heterocycles. The molecule has 21 heavy (non-hydrogen) atoms. The summed E-state index contributed by atoms with van der Waals surface area (Å²) in [4.78, 5) is 14.6. The van der Waals surface area contributed by atoms with Crippen LogP contribution in [0.4, 0.5) is 0 Å². The Morgan fingerprint density at radius 3 is 2.81 bits per heavy atom. The molecule has 2 N–H and O–H groups in total. The SMILES string of the molecule is Cc1cccc(S(=O)(=O)NCCn2cnc(C(=O)O)c2)c1. The Balaban J connectivity index is 1.97. The van der Waals surface area contributed by atoms with E-state index >= 15 is 0 Å². The second kappa shape index (κ2) is 6.06. The summed E-state index contributed by atoms with van der Waals surface area (Å²) < 4.78 is 28.1. The molecule has 0 saturated heterocycles. The molecule has 1 aromatic carbocycles. The summed E-state index contributed by atoms with van der Waals surface area (Å²) in [6.07, 6.45) is 2.70. The predicted octanol–water partition coefficient (Wildman–Crippen LogP) is 0.868. The van der Waals surface area contributed by atoms with Gasteiger partial charge in [0, 0.05) is 19.3 Å². The van der Waals surface area contributed by atoms with Gasteiger partial charge in [-0.2, -0.15) is 0 Å². The third-order valence-electron chi connectivity index (χ3n) is 2.81. The van der Waals surface area contributed by atoms with Crippen molar-refractivity contribution in [2.24, 2.45) is 0 Å². The van der Waals surface area contributed by atoms with Crippen LogP contribution in [0.3, 0.4) is 0 Å². The van der Waals surface area contributed by atoms with E-state index in [-0.39, 0.29) is 17.1 Å². The van der Waals surface area contributed by atoms with E-state index in [1.807, 2.05) is 13.0 Å². The number of aromatic carboxylic acids is 1. The van der Waals surface area contributed by atoms with E-state index in [1.54, 1.807) is 12.1 Å². The highest BCUT2D eigenvalue weighted by atomic mass is 32.2. The van der Waals surface area contributed by atoms with Crippen LogP contribution in [0.5, 0.6) is 0 Å². The molecule has 0 fully saturated rings. The first-order valence-corrected chi connectivity index (χ1v) is 7.68. The van der Waals surface area contributed by atoms with E-state index in [0.717, 1.165) is 5.56 Å². The van der Waals surface area contributed by atoms with E-state index in [0.29, 0.717) is 6.54 Å². The highest BCUT2D eigenvalue weighted by molar-refractivity contribution is 7.89. The highest BCUT2D eigenvalue weighted by Gasteiger charge is 2.13. The average Bonchev–Trinajstić information content (AvgIpc) is 2.87. The summed E-state index contributed by atoms with van der Waals surface area (Å²) in [5.74, 6) is -1.12. The minimum Gasteiger partial charge on any atom is -0.476 e. The fourth-order valence-corrected chi connectivity index (χ4v) is 2.89. The van der Waals surface area contributed by atoms with E-state index in [9.17, 15) is 13.2 Å². The zero-order valence-electron chi connectivity index (χ0n) is 11.4. The monoisotopic (exact) mass is 309 g/mol. The fraction of sp³-hybridized carbons (Fsp3) is 0.231. The van der Waals surface area contributed by atoms with Crippen molar-refractivity contribution < 1.29 is 18.3 Å². The number of hydrogen-bond donors (Lipinski definition) is 2. The van der Waals surface area contributed by atoms with E-state index in [1.165, 1.54) is 23.2 Å². The average molecular weight is 309 g/mol. The Bertz CT molecular complexity index is 752. The third kappa shape index (κ3) is 3.89. The molecule has 112 valence electrons. The zero-order chi connectivity index (χ0) is 15.5. The molecular weight excluding hydrogens is 294 g/mol. The first-order chi connectivity index (χ1) is 9.88. The number of carboxylic acids is 1. The maximum Gasteiger partial charge on any atom is 0.356 e. The largest absolute Gasteiger partial charge is 0.476 e. The van der Waals surface area contributed by atoms with Crippen LogP contribution in [0.2, 0.25) is 0 Å². The molecular formula is C13H15N3O4S. The lowest BCUT2D eigenvalue weighted by Gasteiger charge is -2.07. The Hall–Kier alpha value is -2.19. The van der Waals surface area contributed by atoms with Crippen LogP contribution < -0.4 is 4.72 Å². The molecule has 0 aliphatic rings. The Morgan fingerprint density at radius 1 is 1.43 bits per heavy atom. The van der Waals surface area contributed by atoms with Crippen molar-refractivity contribution in [1.29, 1.82) is 0 Å². The van der Waals surface area contributed by atoms with Crippen molar-refractivity contribution in [2.45, 2.75) is 18.4 Å². The molecule has 0 atom stereocenters. The van der Waals surface area contributed by atoms with Crippen LogP contribution in [0.15, 0.2) is 41.7 Å². The van der Waals surface area contributed by atoms with Gasteiger partial charge >= 0.3 is 5.97 Å². The number of aryl methyl sites for hydroxylation is 1. The number of rotatable bonds is 6. The zero-order valence-corrected chi connectivity index (χ0v) is 12.2. The maximum absolute atomic E-state index is 12.1. The van der Waals surface area contributed by atoms with Gasteiger partial charge < -0.3 is 9.67 Å². The van der Waals surface area contributed by atoms with Gasteiger partial charge in [0.15, 0.2) is 5.69 Å². The second-order valence-corrected chi connectivity index (χ2v) is 6.28. The Labute approximate surface area is 122 Å². The summed E-state index contributed by atoms with van der Waals surface area (Å²) in [6, 6.07) is 6.61. The molecule has 0 bridgehead atoms. The van der Waals surface area contributed by atoms with Gasteiger partial charge in [0.2, 0.25) is 10.0 Å². The summed E-state index contributed by atoms with van der Waals surface area (Å²) in [5, 5.41) is 8.74. The summed E-state index contributed by atoms with van der Waals surface area (Å²) in [7, 11) is -3.56. The molecule has 2 aromatic rings. The van der Waals surface area contributed by atoms with E-state index in [2.05, 4.69) is 9.71 Å². The fourth-order valence-electron chi connectivity index (χ4n) is 1.77. The lowest BCUT2D eigenvalue weighted by molar-refractivity contribution is 0.0691. The van der Waals surface area contributed by atoms with Crippen LogP contribution in [0, 0.1) is 6.92 Å². The van der Waals surface area contributed by atoms with Crippen molar-refractivity contribution >= 4 is 16.0 Å². The van der Waals surface area contributed by atoms with Crippen LogP contribution in [-0.2, 0) is 16.6 Å². The second-order valence-electron chi connectivity index (χ2n) is 4.52. The van der Waals surface area contributed by atoms with Gasteiger partial charge in [-0.25, -0.2) is 22.9 Å². The molecule has 7 nitrogen and oxygen atoms in total. The van der Waals surface area contributed by atoms with Gasteiger partial charge in [-0.1, -0.05) is 12.1 Å². The molecule has 0 aliphatic carbocycles. The molecule has 0 radical (unpaired) electrons. The number of carboxylic acid groups (broad SMARTS) is 1. The number of nitrogens with one attached hydrogen (secondary N) is 1. The van der Waals surface area contributed by atoms with Gasteiger partial charge in [0.05, 0.1) is 11.2 Å². The number of carbonyl (C=O) groups is 1. The normalized spacial score (nSPS) is 11.5. The topological polar surface area (TPSA) is 101 Å². The molecule has 0 spiro atoms. The molecule has 0 amide bonds. The minimum atomic E-state index is -3.56. The van der Waals surface area contributed by atoms with Crippen LogP contribution >= 0.6 is 0 Å². The van der Waals surface area contributed by atoms with Gasteiger partial charge in [-0.05, 0) is 24.6 Å². The van der Waals surface area contributed by atoms with E-state index in [4.69, 9.17) is 5.11 Å². The quantitative estimate of drug-likeness (QED) is 0.824. The lowest BCUT2D eigenvalue weighted by atomic mass is 10.2. The highest BCUT2D eigenvalue weighted by Crippen LogP contribution is 2.10. The first-order valence-electron chi connectivity index (χ1n) is 6.20. The first kappa shape index (κ1) is 15.2. The van der Waals surface area contributed by atoms with Crippen LogP contribution in [0.25, 0.3) is 0 Å². The Morgan fingerprint density at radius 2 is 2.19 bits per heavy atom. The van der Waals surface area contributed by atoms with Crippen LogP contribution in [0.1, 0.15) is 16.1 Å². The summed E-state index contributed by atoms with van der Waals surface area (Å²) in [5.41, 5.74) is 0.787. The number of benzene rings is 1. The molecule has 0 unspecified atom stereocenters. The smallest absolute Gasteiger partial charge is 0.356 e. The number of nitrogens with zero attached hydrogens (tertiary/aromatic N) is 2. The van der Waals surface area contributed by atoms with Crippen molar-refractivity contribution in [3.8, 4) is 0 Å². The predicted molar refractivity (Wildman–Crippen MR) is 75.6 cm³/mol. The molecule has 1 heterocycles. The van der Waals surface area contributed by atoms with Gasteiger partial charge in [0.1, 0.15) is 0 Å². The molecule has 2 rings (SSSR count). The number of aromatic nitrogens is 2. The number of imidazole rings is 1. The molecule has 1 aromatic heterocycles. The van der Waals surface area contributed by atoms with Crippen molar-refractivity contribution in [1.82, 2.24) is 14.3 Å². The van der Waals surface area contributed by atoms with Gasteiger partial charge in [0.25, 0.3) is 0 Å². The van der Waals surface area contributed by atoms with Gasteiger partial charge in [-0.3, -0.25) is 0 Å². The standard InChI is InChI=1S/C13H15N3O4S/c1-10-3-2-4-11(7-10)21(19,20)15-5-6-16-8-12(13(17)18)14-9-16/h2-4,7-9,15H,5-6H2,1H3,(H,17,18). The molecule has 0 saturated carbocycles. The van der Waals surface area contributed by atoms with Gasteiger partial charge in [-0.15, -0.1) is 0 Å². The molecule has 8 heteroatoms. The summed E-state index contributed by atoms with van der Waals surface area (Å²) in [6.45, 7) is 2.26. The lowest BCUT2D eigenvalue weighted by Crippen LogP contribution is -2.27. The van der Waals surface area contributed by atoms with Crippen LogP contribution in [-0.4, -0.2) is 35.6 Å². The third-order valence-corrected chi connectivity index (χ3v) is 4.27. The maximum atomic E-state index is 12.1.